The SMILES string of the molecule is COc1ccc(C(=O)N2CCN(C(=O)c3nnn4c3COC(c3ccccc3)C4)CC2)cc1F. The number of carbonyl (C=O) groups is 2. The summed E-state index contributed by atoms with van der Waals surface area (Å²) in [5.74, 6) is -1.01. The maximum Gasteiger partial charge on any atom is 0.276 e. The van der Waals surface area contributed by atoms with Gasteiger partial charge in [-0.05, 0) is 23.8 Å². The molecule has 3 heterocycles. The van der Waals surface area contributed by atoms with Gasteiger partial charge in [0.25, 0.3) is 11.8 Å². The Kier molecular flexibility index (Phi) is 5.97. The summed E-state index contributed by atoms with van der Waals surface area (Å²) >= 11 is 0. The van der Waals surface area contributed by atoms with Crippen LogP contribution in [0.25, 0.3) is 0 Å². The fraction of sp³-hybridized carbons (Fsp3) is 0.333. The van der Waals surface area contributed by atoms with Crippen molar-refractivity contribution in [2.45, 2.75) is 19.3 Å². The van der Waals surface area contributed by atoms with Crippen LogP contribution in [0.1, 0.15) is 38.2 Å². The summed E-state index contributed by atoms with van der Waals surface area (Å²) in [7, 11) is 1.37. The Balaban J connectivity index is 1.22. The summed E-state index contributed by atoms with van der Waals surface area (Å²) in [5.41, 5.74) is 2.23. The van der Waals surface area contributed by atoms with E-state index in [0.717, 1.165) is 5.56 Å². The van der Waals surface area contributed by atoms with Crippen molar-refractivity contribution in [1.29, 1.82) is 0 Å². The van der Waals surface area contributed by atoms with Crippen LogP contribution >= 0.6 is 0 Å². The average molecular weight is 465 g/mol. The lowest BCUT2D eigenvalue weighted by Gasteiger charge is -2.34. The minimum atomic E-state index is -0.587. The zero-order valence-corrected chi connectivity index (χ0v) is 18.7. The molecule has 0 N–H and O–H groups in total. The van der Waals surface area contributed by atoms with E-state index in [1.807, 2.05) is 30.3 Å². The lowest BCUT2D eigenvalue weighted by molar-refractivity contribution is -0.00202. The number of fused-ring (bicyclic) bond motifs is 1. The molecule has 1 fully saturated rings. The Morgan fingerprint density at radius 2 is 1.74 bits per heavy atom. The molecule has 0 aliphatic carbocycles. The van der Waals surface area contributed by atoms with Crippen molar-refractivity contribution in [3.63, 3.8) is 0 Å². The monoisotopic (exact) mass is 465 g/mol. The maximum absolute atomic E-state index is 14.0. The van der Waals surface area contributed by atoms with Crippen molar-refractivity contribution >= 4 is 11.8 Å². The van der Waals surface area contributed by atoms with Crippen molar-refractivity contribution < 1.29 is 23.5 Å². The minimum absolute atomic E-state index is 0.0862. The quantitative estimate of drug-likeness (QED) is 0.588. The van der Waals surface area contributed by atoms with Gasteiger partial charge in [-0.3, -0.25) is 9.59 Å². The first kappa shape index (κ1) is 22.0. The van der Waals surface area contributed by atoms with Gasteiger partial charge in [-0.2, -0.15) is 0 Å². The molecule has 9 nitrogen and oxygen atoms in total. The van der Waals surface area contributed by atoms with Crippen LogP contribution in [0.15, 0.2) is 48.5 Å². The highest BCUT2D eigenvalue weighted by atomic mass is 19.1. The molecule has 5 rings (SSSR count). The Hall–Kier alpha value is -3.79. The summed E-state index contributed by atoms with van der Waals surface area (Å²) in [6, 6.07) is 14.0. The molecule has 176 valence electrons. The Bertz CT molecular complexity index is 1210. The van der Waals surface area contributed by atoms with Gasteiger partial charge in [0.15, 0.2) is 17.3 Å². The van der Waals surface area contributed by atoms with Gasteiger partial charge >= 0.3 is 0 Å². The molecule has 1 unspecified atom stereocenters. The average Bonchev–Trinajstić information content (AvgIpc) is 3.31. The highest BCUT2D eigenvalue weighted by molar-refractivity contribution is 5.95. The zero-order valence-electron chi connectivity index (χ0n) is 18.7. The standard InChI is InChI=1S/C24H24FN5O4/c1-33-20-8-7-17(13-18(20)25)23(31)28-9-11-29(12-10-28)24(32)22-19-15-34-21(14-30(19)27-26-22)16-5-3-2-4-6-16/h2-8,13,21H,9-12,14-15H2,1H3. The summed E-state index contributed by atoms with van der Waals surface area (Å²) in [5, 5.41) is 8.32. The molecule has 3 aromatic rings. The zero-order chi connectivity index (χ0) is 23.7. The Morgan fingerprint density at radius 1 is 1.03 bits per heavy atom. The number of piperazine rings is 1. The van der Waals surface area contributed by atoms with Gasteiger partial charge in [-0.1, -0.05) is 35.5 Å². The van der Waals surface area contributed by atoms with Gasteiger partial charge in [-0.25, -0.2) is 9.07 Å². The fourth-order valence-electron chi connectivity index (χ4n) is 4.29. The summed E-state index contributed by atoms with van der Waals surface area (Å²) in [4.78, 5) is 29.2. The van der Waals surface area contributed by atoms with E-state index in [9.17, 15) is 14.0 Å². The number of hydrogen-bond acceptors (Lipinski definition) is 6. The Morgan fingerprint density at radius 3 is 2.41 bits per heavy atom. The highest BCUT2D eigenvalue weighted by Gasteiger charge is 2.32. The fourth-order valence-corrected chi connectivity index (χ4v) is 4.29. The molecule has 0 radical (unpaired) electrons. The first-order valence-electron chi connectivity index (χ1n) is 11.1. The highest BCUT2D eigenvalue weighted by Crippen LogP contribution is 2.27. The largest absolute Gasteiger partial charge is 0.494 e. The number of amides is 2. The van der Waals surface area contributed by atoms with Gasteiger partial charge in [-0.15, -0.1) is 5.10 Å². The molecule has 0 spiro atoms. The van der Waals surface area contributed by atoms with Crippen LogP contribution in [0, 0.1) is 5.82 Å². The number of methoxy groups -OCH3 is 1. The van der Waals surface area contributed by atoms with E-state index >= 15 is 0 Å². The predicted octanol–water partition coefficient (Wildman–Crippen LogP) is 2.30. The van der Waals surface area contributed by atoms with Gasteiger partial charge in [0.05, 0.1) is 26.0 Å². The molecule has 2 amide bonds. The van der Waals surface area contributed by atoms with Crippen molar-refractivity contribution in [1.82, 2.24) is 24.8 Å². The van der Waals surface area contributed by atoms with Crippen LogP contribution in [0.3, 0.4) is 0 Å². The van der Waals surface area contributed by atoms with Gasteiger partial charge in [0.1, 0.15) is 6.10 Å². The third-order valence-corrected chi connectivity index (χ3v) is 6.22. The Labute approximate surface area is 195 Å². The molecule has 34 heavy (non-hydrogen) atoms. The topological polar surface area (TPSA) is 89.8 Å². The number of aromatic nitrogens is 3. The summed E-state index contributed by atoms with van der Waals surface area (Å²) < 4.78 is 26.6. The molecule has 2 aliphatic heterocycles. The number of nitrogens with zero attached hydrogens (tertiary/aromatic N) is 5. The molecule has 1 atom stereocenters. The summed E-state index contributed by atoms with van der Waals surface area (Å²) in [6.45, 7) is 2.12. The van der Waals surface area contributed by atoms with Crippen LogP contribution in [-0.4, -0.2) is 69.9 Å². The summed E-state index contributed by atoms with van der Waals surface area (Å²) in [6.07, 6.45) is -0.143. The molecule has 0 saturated carbocycles. The van der Waals surface area contributed by atoms with E-state index in [-0.39, 0.29) is 41.5 Å². The second-order valence-corrected chi connectivity index (χ2v) is 8.21. The lowest BCUT2D eigenvalue weighted by Crippen LogP contribution is -2.50. The van der Waals surface area contributed by atoms with Crippen LogP contribution in [0.5, 0.6) is 5.75 Å². The first-order chi connectivity index (χ1) is 16.5. The molecule has 1 aromatic heterocycles. The van der Waals surface area contributed by atoms with E-state index in [1.54, 1.807) is 14.5 Å². The van der Waals surface area contributed by atoms with Gasteiger partial charge < -0.3 is 19.3 Å². The van der Waals surface area contributed by atoms with Crippen LogP contribution in [0.4, 0.5) is 4.39 Å². The number of carbonyl (C=O) groups excluding carboxylic acids is 2. The third kappa shape index (κ3) is 4.12. The van der Waals surface area contributed by atoms with Crippen molar-refractivity contribution in [2.75, 3.05) is 33.3 Å². The number of rotatable bonds is 4. The minimum Gasteiger partial charge on any atom is -0.494 e. The normalized spacial score (nSPS) is 17.9. The van der Waals surface area contributed by atoms with E-state index < -0.39 is 5.82 Å². The molecule has 1 saturated heterocycles. The molecule has 2 aromatic carbocycles. The number of ether oxygens (including phenoxy) is 2. The molecule has 2 aliphatic rings. The number of halogens is 1. The first-order valence-corrected chi connectivity index (χ1v) is 11.1. The van der Waals surface area contributed by atoms with Gasteiger partial charge in [0, 0.05) is 31.7 Å². The molecular weight excluding hydrogens is 441 g/mol. The van der Waals surface area contributed by atoms with E-state index in [0.29, 0.717) is 38.4 Å². The second kappa shape index (κ2) is 9.22. The van der Waals surface area contributed by atoms with E-state index in [1.165, 1.54) is 25.3 Å². The van der Waals surface area contributed by atoms with Crippen molar-refractivity contribution in [3.05, 3.63) is 76.9 Å². The van der Waals surface area contributed by atoms with Crippen molar-refractivity contribution in [2.24, 2.45) is 0 Å². The van der Waals surface area contributed by atoms with Crippen LogP contribution in [0.2, 0.25) is 0 Å². The maximum atomic E-state index is 14.0. The van der Waals surface area contributed by atoms with Crippen LogP contribution in [-0.2, 0) is 17.9 Å². The van der Waals surface area contributed by atoms with Crippen molar-refractivity contribution in [3.8, 4) is 5.75 Å². The lowest BCUT2D eigenvalue weighted by atomic mass is 10.1. The predicted molar refractivity (Wildman–Crippen MR) is 119 cm³/mol. The van der Waals surface area contributed by atoms with Crippen LogP contribution < -0.4 is 4.74 Å². The van der Waals surface area contributed by atoms with E-state index in [4.69, 9.17) is 9.47 Å². The third-order valence-electron chi connectivity index (χ3n) is 6.22. The van der Waals surface area contributed by atoms with E-state index in [2.05, 4.69) is 10.3 Å². The molecule has 10 heteroatoms. The van der Waals surface area contributed by atoms with Gasteiger partial charge in [0.2, 0.25) is 0 Å². The molecular formula is C24H24FN5O4. The second-order valence-electron chi connectivity index (χ2n) is 8.21. The number of hydrogen-bond donors (Lipinski definition) is 0. The smallest absolute Gasteiger partial charge is 0.276 e. The number of benzene rings is 2. The molecule has 0 bridgehead atoms.